The Hall–Kier alpha value is -2.59. The fraction of sp³-hybridized carbons (Fsp3) is 0.833. The number of likely N-dealkylation sites (tertiary alicyclic amines) is 1. The molecule has 1 spiro atoms. The molecule has 6 aliphatic rings. The molecule has 2 amide bonds. The Balaban J connectivity index is 1.11. The molecule has 2 aliphatic heterocycles. The van der Waals surface area contributed by atoms with Crippen molar-refractivity contribution in [3.8, 4) is 6.07 Å². The number of nitrogens with zero attached hydrogens (tertiary/aromatic N) is 5. The van der Waals surface area contributed by atoms with Crippen LogP contribution in [0.25, 0.3) is 0 Å². The average Bonchev–Trinajstić information content (AvgIpc) is 3.67. The summed E-state index contributed by atoms with van der Waals surface area (Å²) in [7, 11) is 1.93. The van der Waals surface area contributed by atoms with Gasteiger partial charge in [0.15, 0.2) is 0 Å². The predicted octanol–water partition coefficient (Wildman–Crippen LogP) is 1.94. The number of fused-ring (bicyclic) bond motifs is 1. The average molecular weight is 586 g/mol. The number of hydrazine groups is 2. The summed E-state index contributed by atoms with van der Waals surface area (Å²) in [4.78, 5) is 30.8. The molecule has 2 bridgehead atoms. The lowest BCUT2D eigenvalue weighted by Gasteiger charge is -2.80. The van der Waals surface area contributed by atoms with E-state index in [2.05, 4.69) is 11.6 Å². The van der Waals surface area contributed by atoms with E-state index in [9.17, 15) is 14.9 Å². The molecule has 4 saturated carbocycles. The number of rotatable bonds is 11. The van der Waals surface area contributed by atoms with Gasteiger partial charge in [-0.15, -0.1) is 5.53 Å². The molecule has 0 aromatic carbocycles. The largest absolute Gasteiger partial charge is 0.444 e. The van der Waals surface area contributed by atoms with Crippen molar-refractivity contribution >= 4 is 12.0 Å². The quantitative estimate of drug-likeness (QED) is 0.346. The summed E-state index contributed by atoms with van der Waals surface area (Å²) in [5.41, 5.74) is 8.44. The standard InChI is InChI=1S/C30H47N7O5/c1-27(2,3)42-26(39)37(19-25(38)36-7-5-6-23(36)16-31)28-13-21-12-22-15-29(20-28,30(22,28)14-21)41-11-10-40-9-8-35-18-24(17-32)34(4)33-35/h18,21-23,33H,5-15,17,19-20,32H2,1-4H3/t21?,22-,23+,28?,29?,30?/m1/s1. The van der Waals surface area contributed by atoms with E-state index in [1.807, 2.05) is 44.0 Å². The second kappa shape index (κ2) is 10.5. The van der Waals surface area contributed by atoms with E-state index in [4.69, 9.17) is 19.9 Å². The van der Waals surface area contributed by atoms with Crippen molar-refractivity contribution in [3.05, 3.63) is 11.9 Å². The fourth-order valence-electron chi connectivity index (χ4n) is 9.44. The molecule has 0 aromatic heterocycles. The number of hydrogen-bond donors (Lipinski definition) is 2. The summed E-state index contributed by atoms with van der Waals surface area (Å²) in [6.07, 6.45) is 7.85. The first-order valence-corrected chi connectivity index (χ1v) is 15.6. The van der Waals surface area contributed by atoms with Crippen LogP contribution < -0.4 is 11.3 Å². The predicted molar refractivity (Wildman–Crippen MR) is 153 cm³/mol. The second-order valence-corrected chi connectivity index (χ2v) is 14.2. The molecule has 12 heteroatoms. The summed E-state index contributed by atoms with van der Waals surface area (Å²) < 4.78 is 18.5. The summed E-state index contributed by atoms with van der Waals surface area (Å²) in [5, 5.41) is 13.4. The van der Waals surface area contributed by atoms with Gasteiger partial charge in [-0.2, -0.15) is 5.26 Å². The maximum Gasteiger partial charge on any atom is 0.411 e. The Kier molecular flexibility index (Phi) is 7.40. The summed E-state index contributed by atoms with van der Waals surface area (Å²) in [6.45, 7) is 8.81. The Labute approximate surface area is 249 Å². The molecule has 42 heavy (non-hydrogen) atoms. The van der Waals surface area contributed by atoms with Gasteiger partial charge in [-0.1, -0.05) is 0 Å². The van der Waals surface area contributed by atoms with Crippen LogP contribution in [0.4, 0.5) is 4.79 Å². The summed E-state index contributed by atoms with van der Waals surface area (Å²) in [5.74, 6) is 0.857. The first kappa shape index (κ1) is 29.5. The number of likely N-dealkylation sites (N-methyl/N-ethyl adjacent to an activating group) is 1. The minimum Gasteiger partial charge on any atom is -0.444 e. The van der Waals surface area contributed by atoms with E-state index in [0.29, 0.717) is 57.7 Å². The zero-order chi connectivity index (χ0) is 29.9. The minimum absolute atomic E-state index is 0.0481. The molecule has 2 heterocycles. The minimum atomic E-state index is -0.678. The lowest BCUT2D eigenvalue weighted by molar-refractivity contribution is -0.362. The van der Waals surface area contributed by atoms with E-state index in [-0.39, 0.29) is 23.5 Å². The molecule has 0 aromatic rings. The normalized spacial score (nSPS) is 35.9. The molecule has 5 fully saturated rings. The zero-order valence-electron chi connectivity index (χ0n) is 25.6. The lowest BCUT2D eigenvalue weighted by atomic mass is 9.32. The highest BCUT2D eigenvalue weighted by Gasteiger charge is 2.90. The van der Waals surface area contributed by atoms with Crippen LogP contribution in [0.5, 0.6) is 0 Å². The first-order valence-electron chi connectivity index (χ1n) is 15.6. The third-order valence-electron chi connectivity index (χ3n) is 10.8. The van der Waals surface area contributed by atoms with Crippen molar-refractivity contribution < 1.29 is 23.8 Å². The van der Waals surface area contributed by atoms with Crippen molar-refractivity contribution in [2.45, 2.75) is 88.5 Å². The number of hydrogen-bond acceptors (Lipinski definition) is 10. The van der Waals surface area contributed by atoms with Gasteiger partial charge in [-0.05, 0) is 71.1 Å². The number of nitrogens with two attached hydrogens (primary N) is 1. The SMILES string of the molecule is CN1NN(CCOCCOC23C[C@H]4CC5CC(N(CC(=O)N6CCC[C@H]6C#N)C(=O)OC(C)(C)C)(C2)C43C5)C=C1CN. The fourth-order valence-corrected chi connectivity index (χ4v) is 9.44. The van der Waals surface area contributed by atoms with E-state index in [1.165, 1.54) is 0 Å². The molecular formula is C30H47N7O5. The van der Waals surface area contributed by atoms with Crippen LogP contribution in [0, 0.1) is 28.6 Å². The molecule has 3 N–H and O–H groups in total. The van der Waals surface area contributed by atoms with Crippen LogP contribution in [0.15, 0.2) is 11.9 Å². The number of nitriles is 1. The van der Waals surface area contributed by atoms with Gasteiger partial charge in [0.25, 0.3) is 0 Å². The molecule has 6 atom stereocenters. The van der Waals surface area contributed by atoms with E-state index in [1.54, 1.807) is 9.80 Å². The van der Waals surface area contributed by atoms with E-state index in [0.717, 1.165) is 44.2 Å². The van der Waals surface area contributed by atoms with Gasteiger partial charge < -0.3 is 24.8 Å². The van der Waals surface area contributed by atoms with Crippen LogP contribution in [-0.4, -0.2) is 108 Å². The Morgan fingerprint density at radius 1 is 1.24 bits per heavy atom. The number of nitrogens with one attached hydrogen (secondary N) is 1. The topological polar surface area (TPSA) is 137 Å². The van der Waals surface area contributed by atoms with Crippen molar-refractivity contribution in [2.75, 3.05) is 53.0 Å². The molecule has 232 valence electrons. The van der Waals surface area contributed by atoms with Crippen molar-refractivity contribution in [1.82, 2.24) is 25.4 Å². The number of carbonyl (C=O) groups excluding carboxylic acids is 2. The monoisotopic (exact) mass is 585 g/mol. The van der Waals surface area contributed by atoms with Gasteiger partial charge in [0.2, 0.25) is 5.91 Å². The first-order chi connectivity index (χ1) is 20.0. The van der Waals surface area contributed by atoms with Crippen LogP contribution in [0.3, 0.4) is 0 Å². The third-order valence-corrected chi connectivity index (χ3v) is 10.8. The highest BCUT2D eigenvalue weighted by atomic mass is 16.6. The maximum atomic E-state index is 13.8. The van der Waals surface area contributed by atoms with Gasteiger partial charge in [-0.25, -0.2) is 4.79 Å². The molecule has 6 rings (SSSR count). The smallest absolute Gasteiger partial charge is 0.411 e. The van der Waals surface area contributed by atoms with Gasteiger partial charge in [-0.3, -0.25) is 19.7 Å². The Morgan fingerprint density at radius 3 is 2.74 bits per heavy atom. The molecule has 12 nitrogen and oxygen atoms in total. The summed E-state index contributed by atoms with van der Waals surface area (Å²) in [6, 6.07) is 1.84. The van der Waals surface area contributed by atoms with Gasteiger partial charge in [0.1, 0.15) is 18.2 Å². The van der Waals surface area contributed by atoms with Gasteiger partial charge >= 0.3 is 6.09 Å². The highest BCUT2D eigenvalue weighted by Crippen LogP contribution is 2.86. The molecule has 1 saturated heterocycles. The van der Waals surface area contributed by atoms with Crippen LogP contribution >= 0.6 is 0 Å². The zero-order valence-corrected chi connectivity index (χ0v) is 25.6. The highest BCUT2D eigenvalue weighted by molar-refractivity contribution is 5.84. The summed E-state index contributed by atoms with van der Waals surface area (Å²) >= 11 is 0. The van der Waals surface area contributed by atoms with E-state index < -0.39 is 23.3 Å². The number of carbonyl (C=O) groups is 2. The molecular weight excluding hydrogens is 538 g/mol. The molecule has 4 unspecified atom stereocenters. The number of amides is 2. The van der Waals surface area contributed by atoms with Crippen molar-refractivity contribution in [3.63, 3.8) is 0 Å². The second-order valence-electron chi connectivity index (χ2n) is 14.2. The van der Waals surface area contributed by atoms with Crippen LogP contribution in [-0.2, 0) is 19.0 Å². The Bertz CT molecular complexity index is 1170. The number of ether oxygens (including phenoxy) is 3. The van der Waals surface area contributed by atoms with Crippen molar-refractivity contribution in [2.24, 2.45) is 23.0 Å². The molecule has 0 radical (unpaired) electrons. The molecule has 4 aliphatic carbocycles. The van der Waals surface area contributed by atoms with Crippen LogP contribution in [0.2, 0.25) is 0 Å². The Morgan fingerprint density at radius 2 is 2.05 bits per heavy atom. The lowest BCUT2D eigenvalue weighted by Crippen LogP contribution is -2.87. The van der Waals surface area contributed by atoms with Crippen molar-refractivity contribution in [1.29, 1.82) is 5.26 Å². The maximum absolute atomic E-state index is 13.8. The van der Waals surface area contributed by atoms with Crippen LogP contribution in [0.1, 0.15) is 65.7 Å². The van der Waals surface area contributed by atoms with E-state index >= 15 is 0 Å². The van der Waals surface area contributed by atoms with Gasteiger partial charge in [0.05, 0.1) is 49.3 Å². The third kappa shape index (κ3) is 4.46. The van der Waals surface area contributed by atoms with Gasteiger partial charge in [0, 0.05) is 38.2 Å².